The summed E-state index contributed by atoms with van der Waals surface area (Å²) in [5.74, 6) is 0.926. The van der Waals surface area contributed by atoms with Gasteiger partial charge in [0.15, 0.2) is 0 Å². The molecule has 1 aliphatic rings. The summed E-state index contributed by atoms with van der Waals surface area (Å²) < 4.78 is 15.9. The van der Waals surface area contributed by atoms with Crippen LogP contribution in [0.4, 0.5) is 4.39 Å². The smallest absolute Gasteiger partial charge is 0.261 e. The Morgan fingerprint density at radius 2 is 2.19 bits per heavy atom. The van der Waals surface area contributed by atoms with E-state index in [1.54, 1.807) is 4.57 Å². The number of nitrogens with zero attached hydrogens (tertiary/aromatic N) is 3. The number of hydrogen-bond donors (Lipinski definition) is 0. The van der Waals surface area contributed by atoms with Crippen LogP contribution < -0.4 is 5.56 Å². The lowest BCUT2D eigenvalue weighted by Crippen LogP contribution is -2.41. The minimum atomic E-state index is -0.269. The molecule has 1 fully saturated rings. The van der Waals surface area contributed by atoms with Crippen LogP contribution in [-0.4, -0.2) is 34.2 Å². The van der Waals surface area contributed by atoms with E-state index in [0.717, 1.165) is 54.6 Å². The monoisotopic (exact) mass is 423 g/mol. The number of hydrogen-bond acceptors (Lipinski definition) is 3. The van der Waals surface area contributed by atoms with E-state index in [4.69, 9.17) is 4.98 Å². The van der Waals surface area contributed by atoms with Crippen LogP contribution in [0, 0.1) is 5.92 Å². The Labute approximate surface area is 162 Å². The third kappa shape index (κ3) is 3.86. The molecule has 0 radical (unpaired) electrons. The van der Waals surface area contributed by atoms with Crippen molar-refractivity contribution in [3.8, 4) is 0 Å². The molecular weight excluding hydrogens is 397 g/mol. The van der Waals surface area contributed by atoms with Crippen molar-refractivity contribution < 1.29 is 4.39 Å². The van der Waals surface area contributed by atoms with Gasteiger partial charge in [0, 0.05) is 23.5 Å². The normalized spacial score (nSPS) is 19.8. The molecule has 6 heteroatoms. The van der Waals surface area contributed by atoms with Crippen LogP contribution in [0.5, 0.6) is 0 Å². The fraction of sp³-hybridized carbons (Fsp3) is 0.600. The number of aromatic nitrogens is 2. The maximum Gasteiger partial charge on any atom is 0.261 e. The molecule has 1 aromatic heterocycles. The summed E-state index contributed by atoms with van der Waals surface area (Å²) in [7, 11) is 0. The highest BCUT2D eigenvalue weighted by atomic mass is 79.9. The maximum absolute atomic E-state index is 13.3. The second-order valence-corrected chi connectivity index (χ2v) is 8.06. The van der Waals surface area contributed by atoms with Crippen LogP contribution >= 0.6 is 15.9 Å². The first-order valence-electron chi connectivity index (χ1n) is 9.59. The predicted octanol–water partition coefficient (Wildman–Crippen LogP) is 4.70. The zero-order valence-corrected chi connectivity index (χ0v) is 17.1. The molecule has 0 N–H and O–H groups in total. The summed E-state index contributed by atoms with van der Waals surface area (Å²) in [6, 6.07) is 5.72. The van der Waals surface area contributed by atoms with Crippen molar-refractivity contribution in [3.63, 3.8) is 0 Å². The van der Waals surface area contributed by atoms with Gasteiger partial charge in [-0.25, -0.2) is 4.98 Å². The second kappa shape index (κ2) is 8.61. The van der Waals surface area contributed by atoms with Crippen molar-refractivity contribution in [2.75, 3.05) is 19.8 Å². The lowest BCUT2D eigenvalue weighted by Gasteiger charge is -2.38. The highest BCUT2D eigenvalue weighted by Gasteiger charge is 2.29. The summed E-state index contributed by atoms with van der Waals surface area (Å²) in [4.78, 5) is 20.3. The largest absolute Gasteiger partial charge is 0.295 e. The summed E-state index contributed by atoms with van der Waals surface area (Å²) in [5.41, 5.74) is 0.743. The molecule has 1 aromatic carbocycles. The van der Waals surface area contributed by atoms with Gasteiger partial charge in [-0.05, 0) is 50.9 Å². The van der Waals surface area contributed by atoms with E-state index in [1.807, 2.05) is 25.1 Å². The molecular formula is C20H27BrFN3O. The molecule has 1 aliphatic heterocycles. The Morgan fingerprint density at radius 1 is 1.38 bits per heavy atom. The number of benzene rings is 1. The highest BCUT2D eigenvalue weighted by molar-refractivity contribution is 9.10. The topological polar surface area (TPSA) is 38.1 Å². The van der Waals surface area contributed by atoms with E-state index in [9.17, 15) is 9.18 Å². The molecule has 0 unspecified atom stereocenters. The molecule has 0 bridgehead atoms. The third-order valence-electron chi connectivity index (χ3n) is 5.33. The van der Waals surface area contributed by atoms with E-state index in [2.05, 4.69) is 27.8 Å². The predicted molar refractivity (Wildman–Crippen MR) is 107 cm³/mol. The summed E-state index contributed by atoms with van der Waals surface area (Å²) in [6.45, 7) is 6.15. The zero-order chi connectivity index (χ0) is 18.7. The molecule has 142 valence electrons. The van der Waals surface area contributed by atoms with E-state index in [1.165, 1.54) is 0 Å². The Morgan fingerprint density at radius 3 is 2.88 bits per heavy atom. The maximum atomic E-state index is 13.3. The van der Waals surface area contributed by atoms with Crippen molar-refractivity contribution in [1.29, 1.82) is 0 Å². The lowest BCUT2D eigenvalue weighted by molar-refractivity contribution is 0.0971. The van der Waals surface area contributed by atoms with Crippen molar-refractivity contribution in [2.24, 2.45) is 5.92 Å². The number of likely N-dealkylation sites (tertiary alicyclic amines) is 1. The molecule has 2 heterocycles. The van der Waals surface area contributed by atoms with Crippen LogP contribution in [0.2, 0.25) is 0 Å². The quantitative estimate of drug-likeness (QED) is 0.675. The first kappa shape index (κ1) is 19.5. The summed E-state index contributed by atoms with van der Waals surface area (Å²) in [5, 5.41) is 0.639. The molecule has 2 aromatic rings. The van der Waals surface area contributed by atoms with Gasteiger partial charge in [0.25, 0.3) is 5.56 Å². The average molecular weight is 424 g/mol. The molecule has 0 aliphatic carbocycles. The van der Waals surface area contributed by atoms with Gasteiger partial charge < -0.3 is 0 Å². The fourth-order valence-electron chi connectivity index (χ4n) is 4.02. The van der Waals surface area contributed by atoms with Crippen molar-refractivity contribution >= 4 is 26.8 Å². The summed E-state index contributed by atoms with van der Waals surface area (Å²) >= 11 is 3.44. The number of halogens is 2. The van der Waals surface area contributed by atoms with Gasteiger partial charge in [0.1, 0.15) is 5.82 Å². The lowest BCUT2D eigenvalue weighted by atomic mass is 9.96. The van der Waals surface area contributed by atoms with E-state index in [-0.39, 0.29) is 24.2 Å². The first-order chi connectivity index (χ1) is 12.6. The molecule has 1 saturated heterocycles. The number of fused-ring (bicyclic) bond motifs is 1. The van der Waals surface area contributed by atoms with E-state index in [0.29, 0.717) is 11.9 Å². The van der Waals surface area contributed by atoms with Gasteiger partial charge in [-0.2, -0.15) is 0 Å². The highest BCUT2D eigenvalue weighted by Crippen LogP contribution is 2.30. The van der Waals surface area contributed by atoms with Gasteiger partial charge in [-0.3, -0.25) is 18.7 Å². The van der Waals surface area contributed by atoms with Gasteiger partial charge in [-0.15, -0.1) is 0 Å². The molecule has 0 saturated carbocycles. The molecule has 3 rings (SSSR count). The van der Waals surface area contributed by atoms with Crippen molar-refractivity contribution in [3.05, 3.63) is 38.9 Å². The van der Waals surface area contributed by atoms with Gasteiger partial charge >= 0.3 is 0 Å². The fourth-order valence-corrected chi connectivity index (χ4v) is 4.39. The van der Waals surface area contributed by atoms with Crippen LogP contribution in [0.3, 0.4) is 0 Å². The molecule has 2 atom stereocenters. The molecule has 0 spiro atoms. The zero-order valence-electron chi connectivity index (χ0n) is 15.5. The van der Waals surface area contributed by atoms with Gasteiger partial charge in [0.05, 0.1) is 23.6 Å². The standard InChI is InChI=1S/C20H27BrFN3O/c1-3-6-18(24-10-5-7-14(12-22)13-24)19-23-17-9-8-15(21)11-16(17)20(26)25(19)4-2/h8-9,11,14,18H,3-7,10,12-13H2,1-2H3/t14-,18-/m0/s1. The minimum absolute atomic E-state index is 0.00829. The average Bonchev–Trinajstić information content (AvgIpc) is 2.66. The molecule has 4 nitrogen and oxygen atoms in total. The first-order valence-corrected chi connectivity index (χ1v) is 10.4. The van der Waals surface area contributed by atoms with E-state index < -0.39 is 0 Å². The van der Waals surface area contributed by atoms with Crippen LogP contribution in [0.1, 0.15) is 51.4 Å². The third-order valence-corrected chi connectivity index (χ3v) is 5.82. The number of alkyl halides is 1. The van der Waals surface area contributed by atoms with Crippen LogP contribution in [-0.2, 0) is 6.54 Å². The Hall–Kier alpha value is -1.27. The van der Waals surface area contributed by atoms with Crippen LogP contribution in [0.15, 0.2) is 27.5 Å². The van der Waals surface area contributed by atoms with Crippen molar-refractivity contribution in [2.45, 2.75) is 52.1 Å². The Bertz CT molecular complexity index is 823. The minimum Gasteiger partial charge on any atom is -0.295 e. The number of rotatable bonds is 6. The SMILES string of the molecule is CCC[C@@H](c1nc2ccc(Br)cc2c(=O)n1CC)N1CCC[C@@H](CF)C1. The summed E-state index contributed by atoms with van der Waals surface area (Å²) in [6.07, 6.45) is 3.88. The molecule has 0 amide bonds. The van der Waals surface area contributed by atoms with Gasteiger partial charge in [-0.1, -0.05) is 29.3 Å². The van der Waals surface area contributed by atoms with E-state index >= 15 is 0 Å². The second-order valence-electron chi connectivity index (χ2n) is 7.14. The van der Waals surface area contributed by atoms with Crippen LogP contribution in [0.25, 0.3) is 10.9 Å². The van der Waals surface area contributed by atoms with Crippen molar-refractivity contribution in [1.82, 2.24) is 14.5 Å². The number of piperidine rings is 1. The Balaban J connectivity index is 2.10. The Kier molecular flexibility index (Phi) is 6.46. The van der Waals surface area contributed by atoms with Gasteiger partial charge in [0.2, 0.25) is 0 Å². The molecule has 26 heavy (non-hydrogen) atoms.